The molecule has 11 heteroatoms. The average molecular weight is 558 g/mol. The summed E-state index contributed by atoms with van der Waals surface area (Å²) in [5.74, 6) is -1.14. The summed E-state index contributed by atoms with van der Waals surface area (Å²) in [5.41, 5.74) is 3.82. The van der Waals surface area contributed by atoms with Gasteiger partial charge in [-0.15, -0.1) is 0 Å². The van der Waals surface area contributed by atoms with Crippen LogP contribution in [0, 0.1) is 28.4 Å². The number of amides is 2. The van der Waals surface area contributed by atoms with E-state index in [-0.39, 0.29) is 28.8 Å². The molecule has 2 heterocycles. The van der Waals surface area contributed by atoms with Crippen molar-refractivity contribution in [2.45, 2.75) is 33.1 Å². The van der Waals surface area contributed by atoms with E-state index in [1.54, 1.807) is 26.0 Å². The van der Waals surface area contributed by atoms with Crippen molar-refractivity contribution < 1.29 is 18.9 Å². The van der Waals surface area contributed by atoms with Crippen molar-refractivity contribution in [1.82, 2.24) is 5.32 Å². The van der Waals surface area contributed by atoms with Gasteiger partial charge in [0.25, 0.3) is 11.6 Å². The Morgan fingerprint density at radius 1 is 1.15 bits per heavy atom. The minimum Gasteiger partial charge on any atom is -0.468 e. The van der Waals surface area contributed by atoms with Crippen molar-refractivity contribution in [3.8, 4) is 6.07 Å². The molecular weight excluding hydrogens is 530 g/mol. The number of nitrogens with one attached hydrogen (secondary N) is 3. The smallest absolute Gasteiger partial charge is 0.269 e. The molecule has 0 aliphatic carbocycles. The van der Waals surface area contributed by atoms with E-state index in [4.69, 9.17) is 4.42 Å². The lowest BCUT2D eigenvalue weighted by atomic mass is 9.85. The van der Waals surface area contributed by atoms with Gasteiger partial charge in [-0.3, -0.25) is 19.7 Å². The third-order valence-electron chi connectivity index (χ3n) is 6.38. The highest BCUT2D eigenvalue weighted by molar-refractivity contribution is 8.03. The molecule has 4 rings (SSSR count). The first-order valence-corrected chi connectivity index (χ1v) is 13.4. The molecule has 1 atom stereocenters. The summed E-state index contributed by atoms with van der Waals surface area (Å²) in [6.45, 7) is 5.46. The molecule has 0 unspecified atom stereocenters. The van der Waals surface area contributed by atoms with Gasteiger partial charge in [-0.2, -0.15) is 5.26 Å². The molecule has 0 radical (unpaired) electrons. The highest BCUT2D eigenvalue weighted by atomic mass is 32.2. The second-order valence-electron chi connectivity index (χ2n) is 9.06. The fraction of sp³-hybridized carbons (Fsp3) is 0.207. The number of carbonyl (C=O) groups is 2. The van der Waals surface area contributed by atoms with Crippen molar-refractivity contribution >= 4 is 40.6 Å². The molecule has 204 valence electrons. The fourth-order valence-electron chi connectivity index (χ4n) is 4.32. The highest BCUT2D eigenvalue weighted by Gasteiger charge is 2.36. The summed E-state index contributed by atoms with van der Waals surface area (Å²) in [6.07, 6.45) is 2.36. The maximum absolute atomic E-state index is 13.5. The van der Waals surface area contributed by atoms with Crippen molar-refractivity contribution in [2.75, 3.05) is 16.4 Å². The maximum atomic E-state index is 13.5. The fourth-order valence-corrected chi connectivity index (χ4v) is 5.21. The lowest BCUT2D eigenvalue weighted by Crippen LogP contribution is -2.31. The number of allylic oxidation sites excluding steroid dienone is 2. The monoisotopic (exact) mass is 557 g/mol. The second kappa shape index (κ2) is 12.4. The van der Waals surface area contributed by atoms with Gasteiger partial charge < -0.3 is 20.4 Å². The number of thioether (sulfide) groups is 1. The van der Waals surface area contributed by atoms with Crippen LogP contribution in [-0.2, 0) is 16.0 Å². The Morgan fingerprint density at radius 3 is 2.50 bits per heavy atom. The topological polar surface area (TPSA) is 150 Å². The predicted molar refractivity (Wildman–Crippen MR) is 153 cm³/mol. The zero-order valence-electron chi connectivity index (χ0n) is 22.1. The largest absolute Gasteiger partial charge is 0.468 e. The summed E-state index contributed by atoms with van der Waals surface area (Å²) < 4.78 is 5.64. The van der Waals surface area contributed by atoms with Gasteiger partial charge in [0.05, 0.1) is 45.1 Å². The van der Waals surface area contributed by atoms with Crippen LogP contribution in [0.2, 0.25) is 0 Å². The zero-order chi connectivity index (χ0) is 28.8. The predicted octanol–water partition coefficient (Wildman–Crippen LogP) is 5.77. The number of nitriles is 1. The molecule has 0 fully saturated rings. The van der Waals surface area contributed by atoms with Crippen LogP contribution < -0.4 is 16.0 Å². The van der Waals surface area contributed by atoms with Gasteiger partial charge in [-0.25, -0.2) is 0 Å². The Balaban J connectivity index is 1.55. The van der Waals surface area contributed by atoms with Crippen LogP contribution in [0.25, 0.3) is 0 Å². The van der Waals surface area contributed by atoms with Gasteiger partial charge >= 0.3 is 0 Å². The molecule has 1 aliphatic heterocycles. The Hall–Kier alpha value is -4.82. The van der Waals surface area contributed by atoms with Gasteiger partial charge in [-0.1, -0.05) is 30.8 Å². The van der Waals surface area contributed by atoms with Crippen molar-refractivity contribution in [2.24, 2.45) is 0 Å². The van der Waals surface area contributed by atoms with Crippen LogP contribution in [0.15, 0.2) is 87.1 Å². The summed E-state index contributed by atoms with van der Waals surface area (Å²) in [5, 5.41) is 30.4. The summed E-state index contributed by atoms with van der Waals surface area (Å²) in [7, 11) is 0. The number of anilines is 2. The summed E-state index contributed by atoms with van der Waals surface area (Å²) >= 11 is 1.12. The van der Waals surface area contributed by atoms with E-state index in [0.29, 0.717) is 39.0 Å². The SMILES string of the molecule is CCc1ccc(NC(=O)C2=C(C)NC(SCC(=O)Nc3ccc([N+](=O)[O-])cc3C)=C(C#N)[C@@H]2c2ccco2)cc1. The van der Waals surface area contributed by atoms with Crippen molar-refractivity contribution in [3.63, 3.8) is 0 Å². The standard InChI is InChI=1S/C29H27N5O5S/c1-4-19-7-9-20(10-8-19)32-28(36)26-18(3)31-29(22(15-30)27(26)24-6-5-13-39-24)40-16-25(35)33-23-12-11-21(34(37)38)14-17(23)2/h5-14,27,31H,4,16H2,1-3H3,(H,32,36)(H,33,35)/t27-/m1/s1. The number of rotatable bonds is 9. The minimum absolute atomic E-state index is 0.0482. The molecule has 0 bridgehead atoms. The first-order chi connectivity index (χ1) is 19.2. The number of furan rings is 1. The number of nitrogens with zero attached hydrogens (tertiary/aromatic N) is 2. The van der Waals surface area contributed by atoms with Crippen LogP contribution in [0.3, 0.4) is 0 Å². The number of carbonyl (C=O) groups excluding carboxylic acids is 2. The molecule has 3 N–H and O–H groups in total. The number of nitro benzene ring substituents is 1. The Bertz CT molecular complexity index is 1550. The van der Waals surface area contributed by atoms with Crippen molar-refractivity contribution in [3.05, 3.63) is 110 Å². The van der Waals surface area contributed by atoms with E-state index >= 15 is 0 Å². The first-order valence-electron chi connectivity index (χ1n) is 12.4. The quantitative estimate of drug-likeness (QED) is 0.222. The summed E-state index contributed by atoms with van der Waals surface area (Å²) in [4.78, 5) is 36.7. The highest BCUT2D eigenvalue weighted by Crippen LogP contribution is 2.41. The van der Waals surface area contributed by atoms with Crippen LogP contribution in [0.5, 0.6) is 0 Å². The number of benzene rings is 2. The Morgan fingerprint density at radius 2 is 1.90 bits per heavy atom. The third-order valence-corrected chi connectivity index (χ3v) is 7.40. The average Bonchev–Trinajstić information content (AvgIpc) is 3.47. The maximum Gasteiger partial charge on any atom is 0.269 e. The molecule has 1 aromatic heterocycles. The Labute approximate surface area is 235 Å². The lowest BCUT2D eigenvalue weighted by Gasteiger charge is -2.28. The number of hydrogen-bond acceptors (Lipinski definition) is 8. The lowest BCUT2D eigenvalue weighted by molar-refractivity contribution is -0.384. The molecule has 0 saturated carbocycles. The Kier molecular flexibility index (Phi) is 8.71. The zero-order valence-corrected chi connectivity index (χ0v) is 22.9. The van der Waals surface area contributed by atoms with E-state index in [9.17, 15) is 25.0 Å². The molecule has 0 saturated heterocycles. The van der Waals surface area contributed by atoms with Gasteiger partial charge in [0.2, 0.25) is 5.91 Å². The van der Waals surface area contributed by atoms with Gasteiger partial charge in [0.1, 0.15) is 5.76 Å². The van der Waals surface area contributed by atoms with Crippen LogP contribution >= 0.6 is 11.8 Å². The van der Waals surface area contributed by atoms with E-state index < -0.39 is 10.8 Å². The molecule has 40 heavy (non-hydrogen) atoms. The first kappa shape index (κ1) is 28.2. The molecule has 1 aliphatic rings. The normalized spacial score (nSPS) is 14.8. The number of dihydropyridines is 1. The van der Waals surface area contributed by atoms with Crippen LogP contribution in [0.4, 0.5) is 17.1 Å². The van der Waals surface area contributed by atoms with Gasteiger partial charge in [-0.05, 0) is 61.7 Å². The number of hydrogen-bond donors (Lipinski definition) is 3. The van der Waals surface area contributed by atoms with E-state index in [1.165, 1.54) is 24.5 Å². The number of nitro groups is 1. The van der Waals surface area contributed by atoms with Crippen molar-refractivity contribution in [1.29, 1.82) is 5.26 Å². The van der Waals surface area contributed by atoms with E-state index in [0.717, 1.165) is 23.7 Å². The minimum atomic E-state index is -0.779. The van der Waals surface area contributed by atoms with E-state index in [2.05, 4.69) is 28.9 Å². The molecule has 2 amide bonds. The van der Waals surface area contributed by atoms with E-state index in [1.807, 2.05) is 24.3 Å². The van der Waals surface area contributed by atoms with Crippen LogP contribution in [0.1, 0.15) is 36.7 Å². The third kappa shape index (κ3) is 6.24. The molecule has 2 aromatic carbocycles. The molecule has 0 spiro atoms. The molecular formula is C29H27N5O5S. The number of non-ortho nitro benzene ring substituents is 1. The molecule has 10 nitrogen and oxygen atoms in total. The number of aryl methyl sites for hydroxylation is 2. The van der Waals surface area contributed by atoms with Crippen LogP contribution in [-0.4, -0.2) is 22.5 Å². The molecule has 3 aromatic rings. The second-order valence-corrected chi connectivity index (χ2v) is 10.1. The summed E-state index contributed by atoms with van der Waals surface area (Å²) in [6, 6.07) is 17.3. The van der Waals surface area contributed by atoms with Gasteiger partial charge in [0, 0.05) is 29.2 Å². The van der Waals surface area contributed by atoms with Gasteiger partial charge in [0.15, 0.2) is 0 Å².